The molecule has 0 aliphatic carbocycles. The summed E-state index contributed by atoms with van der Waals surface area (Å²) in [5.41, 5.74) is 6.62. The fraction of sp³-hybridized carbons (Fsp3) is 0.0652. The molecule has 9 aromatic rings. The van der Waals surface area contributed by atoms with Gasteiger partial charge in [0.1, 0.15) is 0 Å². The largest absolute Gasteiger partial charge is 0.184 e. The number of benzene rings is 7. The standard InChI is InChI=1S/C24H17.C15H13.C6H5.CH3.Si.Zr/c1-16-13-17-8-6-12-22(23(17)14-16)24-15-18-7-2-3-9-19(18)20-10-4-5-11-21(20)24;1-10-3-5-14-12(7-10)9-13-8-11(2)4-6-15(13)14;1-2-4-6-5-3-1;;;/h2-15H,1H3;3-9H,1-2H3;1-5H;1H3;;/q4*-1;;. The molecule has 0 bridgehead atoms. The summed E-state index contributed by atoms with van der Waals surface area (Å²) < 4.78 is 0. The topological polar surface area (TPSA) is 0 Å². The van der Waals surface area contributed by atoms with E-state index in [0.29, 0.717) is 0 Å². The maximum absolute atomic E-state index is 3.06. The second-order valence-corrected chi connectivity index (χ2v) is 11.9. The summed E-state index contributed by atoms with van der Waals surface area (Å²) in [5.74, 6) is 0. The Balaban J connectivity index is 0.000000160. The molecule has 0 spiro atoms. The van der Waals surface area contributed by atoms with Gasteiger partial charge in [-0.3, -0.25) is 0 Å². The number of aryl methyl sites for hydroxylation is 3. The van der Waals surface area contributed by atoms with Crippen LogP contribution >= 0.6 is 0 Å². The van der Waals surface area contributed by atoms with Crippen molar-refractivity contribution < 1.29 is 23.3 Å². The molecule has 9 aromatic carbocycles. The second kappa shape index (κ2) is 16.2. The van der Waals surface area contributed by atoms with Gasteiger partial charge in [-0.2, -0.15) is 42.5 Å². The van der Waals surface area contributed by atoms with E-state index in [2.05, 4.69) is 161 Å². The SMILES string of the molecule is Cc1cc2c(-c3cc4ccccc4c4ccccc34)cccc2[cH-]1.Cc1ccc2c(c1)[cH-]c1cc(C)ccc12.[CH3-].[Si]=[Zr].[c-]1ccccc1. The first-order valence-electron chi connectivity index (χ1n) is 15.8. The van der Waals surface area contributed by atoms with Crippen molar-refractivity contribution in [3.05, 3.63) is 188 Å². The summed E-state index contributed by atoms with van der Waals surface area (Å²) in [5, 5.41) is 13.4. The molecule has 0 heterocycles. The van der Waals surface area contributed by atoms with Crippen molar-refractivity contribution in [3.8, 4) is 11.1 Å². The quantitative estimate of drug-likeness (QED) is 0.0904. The average Bonchev–Trinajstić information content (AvgIpc) is 3.68. The Labute approximate surface area is 302 Å². The molecule has 0 aromatic heterocycles. The Bertz CT molecular complexity index is 2340. The Kier molecular flexibility index (Phi) is 11.8. The van der Waals surface area contributed by atoms with Gasteiger partial charge in [0, 0.05) is 0 Å². The van der Waals surface area contributed by atoms with E-state index in [9.17, 15) is 0 Å². The minimum absolute atomic E-state index is 0. The molecule has 0 amide bonds. The van der Waals surface area contributed by atoms with E-state index in [0.717, 1.165) is 0 Å². The molecular weight excluding hydrogens is 672 g/mol. The summed E-state index contributed by atoms with van der Waals surface area (Å²) in [6.07, 6.45) is 0. The first-order chi connectivity index (χ1) is 23.0. The predicted octanol–water partition coefficient (Wildman–Crippen LogP) is 12.7. The van der Waals surface area contributed by atoms with E-state index in [-0.39, 0.29) is 7.43 Å². The van der Waals surface area contributed by atoms with E-state index >= 15 is 0 Å². The third-order valence-corrected chi connectivity index (χ3v) is 8.58. The fourth-order valence-electron chi connectivity index (χ4n) is 6.50. The third kappa shape index (κ3) is 7.52. The minimum atomic E-state index is 0. The Morgan fingerprint density at radius 1 is 0.458 bits per heavy atom. The zero-order valence-electron chi connectivity index (χ0n) is 28.0. The van der Waals surface area contributed by atoms with Crippen LogP contribution < -0.4 is 0 Å². The van der Waals surface area contributed by atoms with Crippen molar-refractivity contribution in [3.63, 3.8) is 0 Å². The maximum atomic E-state index is 3.06. The molecule has 0 aliphatic heterocycles. The van der Waals surface area contributed by atoms with Crippen molar-refractivity contribution in [2.45, 2.75) is 20.8 Å². The Morgan fingerprint density at radius 2 is 1.06 bits per heavy atom. The zero-order chi connectivity index (χ0) is 32.8. The molecule has 2 radical (unpaired) electrons. The summed E-state index contributed by atoms with van der Waals surface area (Å²) in [6.45, 7) is 9.51. The number of fused-ring (bicyclic) bond motifs is 7. The summed E-state index contributed by atoms with van der Waals surface area (Å²) >= 11 is 1.36. The van der Waals surface area contributed by atoms with Gasteiger partial charge >= 0.3 is 30.2 Å². The molecule has 0 N–H and O–H groups in total. The van der Waals surface area contributed by atoms with E-state index in [1.807, 2.05) is 30.3 Å². The van der Waals surface area contributed by atoms with Crippen LogP contribution in [0.3, 0.4) is 0 Å². The van der Waals surface area contributed by atoms with Gasteiger partial charge in [-0.1, -0.05) is 102 Å². The first-order valence-corrected chi connectivity index (χ1v) is 20.0. The van der Waals surface area contributed by atoms with Gasteiger partial charge in [0.2, 0.25) is 0 Å². The monoisotopic (exact) mass is 708 g/mol. The molecule has 0 saturated heterocycles. The second-order valence-electron chi connectivity index (χ2n) is 11.9. The van der Waals surface area contributed by atoms with Crippen molar-refractivity contribution in [1.82, 2.24) is 0 Å². The van der Waals surface area contributed by atoms with Crippen LogP contribution in [0.1, 0.15) is 16.7 Å². The zero-order valence-corrected chi connectivity index (χ0v) is 31.5. The summed E-state index contributed by atoms with van der Waals surface area (Å²) in [7, 11) is 0. The first kappa shape index (κ1) is 35.0. The van der Waals surface area contributed by atoms with Crippen LogP contribution in [0.2, 0.25) is 0 Å². The minimum Gasteiger partial charge on any atom is -0.184 e. The predicted molar refractivity (Wildman–Crippen MR) is 209 cm³/mol. The van der Waals surface area contributed by atoms with Gasteiger partial charge in [0.05, 0.1) is 0 Å². The normalized spacial score (nSPS) is 10.4. The van der Waals surface area contributed by atoms with Crippen LogP contribution in [0, 0.1) is 34.3 Å². The Hall–Kier alpha value is -4.36. The molecular formula is C46H38SiZr-4. The smallest absolute Gasteiger partial charge is 0.171 e. The number of hydrogen-bond donors (Lipinski definition) is 0. The maximum Gasteiger partial charge on any atom is -0.171 e. The van der Waals surface area contributed by atoms with Crippen LogP contribution in [0.25, 0.3) is 65.0 Å². The molecule has 0 fully saturated rings. The van der Waals surface area contributed by atoms with Crippen LogP contribution in [0.15, 0.2) is 158 Å². The molecule has 2 heteroatoms. The van der Waals surface area contributed by atoms with Crippen molar-refractivity contribution in [2.24, 2.45) is 0 Å². The molecule has 9 rings (SSSR count). The van der Waals surface area contributed by atoms with Gasteiger partial charge in [-0.05, 0) is 47.0 Å². The van der Waals surface area contributed by atoms with Crippen molar-refractivity contribution >= 4 is 60.7 Å². The summed E-state index contributed by atoms with van der Waals surface area (Å²) in [4.78, 5) is 0. The molecule has 0 nitrogen and oxygen atoms in total. The fourth-order valence-corrected chi connectivity index (χ4v) is 6.50. The van der Waals surface area contributed by atoms with Crippen LogP contribution in [-0.2, 0) is 23.3 Å². The van der Waals surface area contributed by atoms with E-state index in [4.69, 9.17) is 0 Å². The van der Waals surface area contributed by atoms with Gasteiger partial charge in [-0.25, -0.2) is 0 Å². The van der Waals surface area contributed by atoms with Crippen LogP contribution in [0.5, 0.6) is 0 Å². The summed E-state index contributed by atoms with van der Waals surface area (Å²) in [6, 6.07) is 59.0. The van der Waals surface area contributed by atoms with Crippen molar-refractivity contribution in [2.75, 3.05) is 0 Å². The number of rotatable bonds is 1. The molecule has 48 heavy (non-hydrogen) atoms. The third-order valence-electron chi connectivity index (χ3n) is 8.58. The van der Waals surface area contributed by atoms with Crippen molar-refractivity contribution in [1.29, 1.82) is 0 Å². The van der Waals surface area contributed by atoms with Gasteiger partial charge in [0.25, 0.3) is 0 Å². The van der Waals surface area contributed by atoms with Crippen LogP contribution in [0.4, 0.5) is 0 Å². The molecule has 0 aliphatic rings. The molecule has 0 atom stereocenters. The van der Waals surface area contributed by atoms with E-state index in [1.165, 1.54) is 105 Å². The van der Waals surface area contributed by atoms with Gasteiger partial charge < -0.3 is 7.43 Å². The van der Waals surface area contributed by atoms with Gasteiger partial charge in [0.15, 0.2) is 0 Å². The molecule has 0 unspecified atom stereocenters. The molecule has 234 valence electrons. The van der Waals surface area contributed by atoms with E-state index < -0.39 is 0 Å². The molecule has 0 saturated carbocycles. The average molecular weight is 710 g/mol. The van der Waals surface area contributed by atoms with Crippen LogP contribution in [-0.4, -0.2) is 6.88 Å². The van der Waals surface area contributed by atoms with E-state index in [1.54, 1.807) is 0 Å². The van der Waals surface area contributed by atoms with Gasteiger partial charge in [-0.15, -0.1) is 74.3 Å². The number of hydrogen-bond acceptors (Lipinski definition) is 0. The Morgan fingerprint density at radius 3 is 1.67 bits per heavy atom.